The predicted octanol–water partition coefficient (Wildman–Crippen LogP) is 4.66. The van der Waals surface area contributed by atoms with Gasteiger partial charge in [-0.25, -0.2) is 9.69 Å². The van der Waals surface area contributed by atoms with Crippen LogP contribution in [0.1, 0.15) is 70.8 Å². The maximum atomic E-state index is 12.4. The number of hydrogen-bond acceptors (Lipinski definition) is 5. The van der Waals surface area contributed by atoms with Gasteiger partial charge in [0.1, 0.15) is 5.60 Å². The largest absolute Gasteiger partial charge is 0.493 e. The number of carbonyl (C=O) groups is 2. The van der Waals surface area contributed by atoms with Gasteiger partial charge >= 0.3 is 6.09 Å². The highest BCUT2D eigenvalue weighted by Crippen LogP contribution is 2.37. The Bertz CT molecular complexity index is 718. The number of likely N-dealkylation sites (tertiary alicyclic amines) is 1. The van der Waals surface area contributed by atoms with Crippen LogP contribution in [0.3, 0.4) is 0 Å². The quantitative estimate of drug-likeness (QED) is 0.749. The van der Waals surface area contributed by atoms with Gasteiger partial charge in [-0.1, -0.05) is 6.07 Å². The van der Waals surface area contributed by atoms with E-state index in [9.17, 15) is 9.59 Å². The molecule has 6 heteroatoms. The van der Waals surface area contributed by atoms with Crippen molar-refractivity contribution in [3.05, 3.63) is 23.8 Å². The Morgan fingerprint density at radius 2 is 1.82 bits per heavy atom. The standard InChI is InChI=1S/C22H31NO5/c1-22(2,3)28-21(25)23-14-16(10-12-20(23)24)15-9-11-18(26-4)19(13-15)27-17-7-5-6-8-17/h9,11,13,16-17H,5-8,10,12,14H2,1-4H3/t16-/m1/s1. The highest BCUT2D eigenvalue weighted by atomic mass is 16.6. The molecule has 28 heavy (non-hydrogen) atoms. The number of ether oxygens (including phenoxy) is 3. The zero-order valence-electron chi connectivity index (χ0n) is 17.3. The topological polar surface area (TPSA) is 65.1 Å². The highest BCUT2D eigenvalue weighted by Gasteiger charge is 2.34. The van der Waals surface area contributed by atoms with E-state index in [0.29, 0.717) is 25.1 Å². The Labute approximate surface area is 167 Å². The number of rotatable bonds is 4. The molecule has 0 aromatic heterocycles. The summed E-state index contributed by atoms with van der Waals surface area (Å²) in [6.07, 6.45) is 5.22. The van der Waals surface area contributed by atoms with E-state index < -0.39 is 11.7 Å². The summed E-state index contributed by atoms with van der Waals surface area (Å²) >= 11 is 0. The lowest BCUT2D eigenvalue weighted by atomic mass is 9.90. The number of piperidine rings is 1. The van der Waals surface area contributed by atoms with E-state index in [0.717, 1.165) is 24.2 Å². The SMILES string of the molecule is COc1ccc([C@@H]2CCC(=O)N(C(=O)OC(C)(C)C)C2)cc1OC1CCCC1. The average Bonchev–Trinajstić information content (AvgIpc) is 3.13. The van der Waals surface area contributed by atoms with E-state index >= 15 is 0 Å². The van der Waals surface area contributed by atoms with E-state index in [1.807, 2.05) is 18.2 Å². The molecule has 2 fully saturated rings. The van der Waals surface area contributed by atoms with E-state index in [-0.39, 0.29) is 17.9 Å². The Morgan fingerprint density at radius 1 is 1.11 bits per heavy atom. The van der Waals surface area contributed by atoms with Crippen molar-refractivity contribution < 1.29 is 23.8 Å². The first-order valence-electron chi connectivity index (χ1n) is 10.1. The van der Waals surface area contributed by atoms with E-state index in [1.54, 1.807) is 27.9 Å². The number of carbonyl (C=O) groups excluding carboxylic acids is 2. The Hall–Kier alpha value is -2.24. The third kappa shape index (κ3) is 4.97. The van der Waals surface area contributed by atoms with Gasteiger partial charge in [-0.3, -0.25) is 4.79 Å². The van der Waals surface area contributed by atoms with Gasteiger partial charge in [-0.15, -0.1) is 0 Å². The van der Waals surface area contributed by atoms with Crippen LogP contribution < -0.4 is 9.47 Å². The fourth-order valence-corrected chi connectivity index (χ4v) is 3.84. The molecule has 3 rings (SSSR count). The Balaban J connectivity index is 1.76. The van der Waals surface area contributed by atoms with Crippen molar-refractivity contribution in [1.82, 2.24) is 4.90 Å². The first-order valence-corrected chi connectivity index (χ1v) is 10.1. The van der Waals surface area contributed by atoms with E-state index in [2.05, 4.69) is 0 Å². The highest BCUT2D eigenvalue weighted by molar-refractivity contribution is 5.92. The molecule has 1 aliphatic heterocycles. The normalized spacial score (nSPS) is 20.9. The first kappa shape index (κ1) is 20.5. The van der Waals surface area contributed by atoms with Crippen molar-refractivity contribution >= 4 is 12.0 Å². The van der Waals surface area contributed by atoms with Gasteiger partial charge in [-0.05, 0) is 70.6 Å². The molecule has 0 bridgehead atoms. The van der Waals surface area contributed by atoms with Crippen LogP contribution in [0.25, 0.3) is 0 Å². The molecule has 1 aromatic carbocycles. The Kier molecular flexibility index (Phi) is 6.16. The van der Waals surface area contributed by atoms with Crippen LogP contribution in [0.4, 0.5) is 4.79 Å². The molecule has 0 N–H and O–H groups in total. The van der Waals surface area contributed by atoms with Gasteiger partial charge in [0, 0.05) is 18.9 Å². The van der Waals surface area contributed by atoms with Crippen molar-refractivity contribution in [2.45, 2.75) is 76.9 Å². The molecule has 0 spiro atoms. The molecule has 0 radical (unpaired) electrons. The summed E-state index contributed by atoms with van der Waals surface area (Å²) in [4.78, 5) is 26.0. The van der Waals surface area contributed by atoms with Gasteiger partial charge in [0.15, 0.2) is 11.5 Å². The zero-order chi connectivity index (χ0) is 20.3. The lowest BCUT2D eigenvalue weighted by molar-refractivity contribution is -0.132. The minimum absolute atomic E-state index is 0.0575. The second-order valence-electron chi connectivity index (χ2n) is 8.65. The average molecular weight is 389 g/mol. The second kappa shape index (κ2) is 8.41. The smallest absolute Gasteiger partial charge is 0.417 e. The Morgan fingerprint density at radius 3 is 2.46 bits per heavy atom. The third-order valence-electron chi connectivity index (χ3n) is 5.28. The number of amides is 2. The number of nitrogens with zero attached hydrogens (tertiary/aromatic N) is 1. The van der Waals surface area contributed by atoms with Crippen molar-refractivity contribution in [3.63, 3.8) is 0 Å². The molecule has 1 atom stereocenters. The van der Waals surface area contributed by atoms with Gasteiger partial charge in [-0.2, -0.15) is 0 Å². The molecule has 1 heterocycles. The third-order valence-corrected chi connectivity index (χ3v) is 5.28. The van der Waals surface area contributed by atoms with Crippen LogP contribution in [-0.4, -0.2) is 42.3 Å². The van der Waals surface area contributed by atoms with Gasteiger partial charge in [0.25, 0.3) is 0 Å². The molecule has 1 aliphatic carbocycles. The van der Waals surface area contributed by atoms with Crippen LogP contribution in [0.2, 0.25) is 0 Å². The number of imide groups is 1. The molecule has 2 aliphatic rings. The second-order valence-corrected chi connectivity index (χ2v) is 8.65. The summed E-state index contributed by atoms with van der Waals surface area (Å²) < 4.78 is 17.1. The molecule has 154 valence electrons. The molecule has 0 unspecified atom stereocenters. The van der Waals surface area contributed by atoms with Crippen LogP contribution in [0.5, 0.6) is 11.5 Å². The summed E-state index contributed by atoms with van der Waals surface area (Å²) in [5.74, 6) is 1.34. The molecule has 6 nitrogen and oxygen atoms in total. The lowest BCUT2D eigenvalue weighted by Gasteiger charge is -2.33. The van der Waals surface area contributed by atoms with Crippen molar-refractivity contribution in [3.8, 4) is 11.5 Å². The van der Waals surface area contributed by atoms with Crippen molar-refractivity contribution in [1.29, 1.82) is 0 Å². The predicted molar refractivity (Wildman–Crippen MR) is 106 cm³/mol. The summed E-state index contributed by atoms with van der Waals surface area (Å²) in [7, 11) is 1.64. The van der Waals surface area contributed by atoms with Crippen LogP contribution in [-0.2, 0) is 9.53 Å². The fourth-order valence-electron chi connectivity index (χ4n) is 3.84. The molecule has 2 amide bonds. The van der Waals surface area contributed by atoms with Crippen LogP contribution >= 0.6 is 0 Å². The molecule has 1 aromatic rings. The van der Waals surface area contributed by atoms with Crippen LogP contribution in [0, 0.1) is 0 Å². The maximum absolute atomic E-state index is 12.4. The number of methoxy groups -OCH3 is 1. The maximum Gasteiger partial charge on any atom is 0.417 e. The van der Waals surface area contributed by atoms with Crippen molar-refractivity contribution in [2.75, 3.05) is 13.7 Å². The zero-order valence-corrected chi connectivity index (χ0v) is 17.3. The van der Waals surface area contributed by atoms with Gasteiger partial charge in [0.05, 0.1) is 13.2 Å². The molecule has 1 saturated heterocycles. The molecular weight excluding hydrogens is 358 g/mol. The van der Waals surface area contributed by atoms with Gasteiger partial charge in [0.2, 0.25) is 5.91 Å². The molecule has 1 saturated carbocycles. The number of benzene rings is 1. The monoisotopic (exact) mass is 389 g/mol. The lowest BCUT2D eigenvalue weighted by Crippen LogP contribution is -2.45. The summed E-state index contributed by atoms with van der Waals surface area (Å²) in [6.45, 7) is 5.72. The fraction of sp³-hybridized carbons (Fsp3) is 0.636. The summed E-state index contributed by atoms with van der Waals surface area (Å²) in [5.41, 5.74) is 0.419. The summed E-state index contributed by atoms with van der Waals surface area (Å²) in [6, 6.07) is 5.91. The van der Waals surface area contributed by atoms with E-state index in [4.69, 9.17) is 14.2 Å². The minimum atomic E-state index is -0.632. The summed E-state index contributed by atoms with van der Waals surface area (Å²) in [5, 5.41) is 0. The number of hydrogen-bond donors (Lipinski definition) is 0. The van der Waals surface area contributed by atoms with Crippen LogP contribution in [0.15, 0.2) is 18.2 Å². The van der Waals surface area contributed by atoms with E-state index in [1.165, 1.54) is 17.7 Å². The van der Waals surface area contributed by atoms with Crippen molar-refractivity contribution in [2.24, 2.45) is 0 Å². The van der Waals surface area contributed by atoms with Gasteiger partial charge < -0.3 is 14.2 Å². The minimum Gasteiger partial charge on any atom is -0.493 e. The molecular formula is C22H31NO5. The first-order chi connectivity index (χ1) is 13.3.